The maximum Gasteiger partial charge on any atom is 0.143 e. The van der Waals surface area contributed by atoms with Crippen LogP contribution in [-0.4, -0.2) is 11.7 Å². The molecule has 2 rings (SSSR count). The minimum absolute atomic E-state index is 0.254. The Labute approximate surface area is 83.9 Å². The van der Waals surface area contributed by atoms with Crippen LogP contribution in [0.15, 0.2) is 12.1 Å². The van der Waals surface area contributed by atoms with Gasteiger partial charge in [-0.05, 0) is 37.9 Å². The number of benzene rings is 1. The summed E-state index contributed by atoms with van der Waals surface area (Å²) in [5, 5.41) is 13.2. The van der Waals surface area contributed by atoms with E-state index in [0.717, 1.165) is 24.1 Å². The Morgan fingerprint density at radius 3 is 2.93 bits per heavy atom. The minimum atomic E-state index is 0.254. The summed E-state index contributed by atoms with van der Waals surface area (Å²) in [6.07, 6.45) is 2.25. The number of hydrogen-bond donors (Lipinski definition) is 3. The fourth-order valence-corrected chi connectivity index (χ4v) is 2.10. The Morgan fingerprint density at radius 2 is 2.29 bits per heavy atom. The van der Waals surface area contributed by atoms with Crippen LogP contribution in [0.3, 0.4) is 0 Å². The third-order valence-electron chi connectivity index (χ3n) is 2.88. The molecule has 0 radical (unpaired) electrons. The summed E-state index contributed by atoms with van der Waals surface area (Å²) in [6, 6.07) is 3.99. The van der Waals surface area contributed by atoms with Crippen LogP contribution < -0.4 is 11.1 Å². The first-order valence-corrected chi connectivity index (χ1v) is 5.01. The fourth-order valence-electron chi connectivity index (χ4n) is 2.10. The Hall–Kier alpha value is -1.22. The zero-order chi connectivity index (χ0) is 10.1. The van der Waals surface area contributed by atoms with Crippen molar-refractivity contribution in [2.24, 2.45) is 0 Å². The average Bonchev–Trinajstić information content (AvgIpc) is 2.65. The zero-order valence-corrected chi connectivity index (χ0v) is 8.38. The SMILES string of the molecule is Cc1ccc(N)c(O)c1C1CCCN1. The molecule has 14 heavy (non-hydrogen) atoms. The molecule has 0 aromatic heterocycles. The fraction of sp³-hybridized carbons (Fsp3) is 0.455. The number of aromatic hydroxyl groups is 1. The summed E-state index contributed by atoms with van der Waals surface area (Å²) in [5.41, 5.74) is 8.23. The number of nitrogens with one attached hydrogen (secondary N) is 1. The molecule has 3 nitrogen and oxygen atoms in total. The first-order valence-electron chi connectivity index (χ1n) is 5.01. The highest BCUT2D eigenvalue weighted by Gasteiger charge is 2.21. The van der Waals surface area contributed by atoms with Crippen molar-refractivity contribution >= 4 is 5.69 Å². The molecule has 1 aliphatic heterocycles. The van der Waals surface area contributed by atoms with Crippen LogP contribution in [-0.2, 0) is 0 Å². The summed E-state index contributed by atoms with van der Waals surface area (Å²) < 4.78 is 0. The highest BCUT2D eigenvalue weighted by molar-refractivity contribution is 5.59. The van der Waals surface area contributed by atoms with Crippen LogP contribution in [0.2, 0.25) is 0 Å². The molecule has 0 amide bonds. The van der Waals surface area contributed by atoms with Crippen LogP contribution in [0.5, 0.6) is 5.75 Å². The maximum absolute atomic E-state index is 9.87. The lowest BCUT2D eigenvalue weighted by atomic mass is 9.98. The van der Waals surface area contributed by atoms with Crippen LogP contribution in [0.4, 0.5) is 5.69 Å². The van der Waals surface area contributed by atoms with E-state index in [1.165, 1.54) is 6.42 Å². The van der Waals surface area contributed by atoms with Gasteiger partial charge in [-0.15, -0.1) is 0 Å². The van der Waals surface area contributed by atoms with Crippen molar-refractivity contribution < 1.29 is 5.11 Å². The van der Waals surface area contributed by atoms with Gasteiger partial charge in [-0.25, -0.2) is 0 Å². The van der Waals surface area contributed by atoms with E-state index in [-0.39, 0.29) is 11.8 Å². The first kappa shape index (κ1) is 9.34. The van der Waals surface area contributed by atoms with Gasteiger partial charge < -0.3 is 16.2 Å². The molecule has 1 saturated heterocycles. The lowest BCUT2D eigenvalue weighted by Gasteiger charge is -2.16. The van der Waals surface area contributed by atoms with Crippen molar-refractivity contribution in [3.05, 3.63) is 23.3 Å². The molecule has 1 heterocycles. The van der Waals surface area contributed by atoms with Crippen molar-refractivity contribution in [1.82, 2.24) is 5.32 Å². The molecule has 4 N–H and O–H groups in total. The van der Waals surface area contributed by atoms with E-state index in [1.807, 2.05) is 13.0 Å². The molecule has 1 aromatic carbocycles. The van der Waals surface area contributed by atoms with Crippen molar-refractivity contribution in [3.8, 4) is 5.75 Å². The number of hydrogen-bond acceptors (Lipinski definition) is 3. The molecule has 0 aliphatic carbocycles. The minimum Gasteiger partial charge on any atom is -0.505 e. The van der Waals surface area contributed by atoms with E-state index in [2.05, 4.69) is 5.32 Å². The van der Waals surface area contributed by atoms with Gasteiger partial charge in [-0.2, -0.15) is 0 Å². The second kappa shape index (κ2) is 3.50. The molecule has 76 valence electrons. The van der Waals surface area contributed by atoms with Crippen LogP contribution in [0, 0.1) is 6.92 Å². The summed E-state index contributed by atoms with van der Waals surface area (Å²) in [4.78, 5) is 0. The van der Waals surface area contributed by atoms with Crippen molar-refractivity contribution in [1.29, 1.82) is 0 Å². The molecule has 0 saturated carbocycles. The highest BCUT2D eigenvalue weighted by Crippen LogP contribution is 2.36. The van der Waals surface area contributed by atoms with E-state index >= 15 is 0 Å². The van der Waals surface area contributed by atoms with E-state index < -0.39 is 0 Å². The molecule has 1 aromatic rings. The number of aryl methyl sites for hydroxylation is 1. The van der Waals surface area contributed by atoms with Crippen LogP contribution >= 0.6 is 0 Å². The highest BCUT2D eigenvalue weighted by atomic mass is 16.3. The Bertz CT molecular complexity index is 343. The predicted octanol–water partition coefficient (Wildman–Crippen LogP) is 1.71. The second-order valence-corrected chi connectivity index (χ2v) is 3.88. The predicted molar refractivity (Wildman–Crippen MR) is 57.2 cm³/mol. The van der Waals surface area contributed by atoms with Gasteiger partial charge in [-0.1, -0.05) is 6.07 Å². The monoisotopic (exact) mass is 192 g/mol. The molecule has 1 atom stereocenters. The molecule has 3 heteroatoms. The van der Waals surface area contributed by atoms with Gasteiger partial charge >= 0.3 is 0 Å². The Balaban J connectivity index is 2.44. The molecule has 0 bridgehead atoms. The van der Waals surface area contributed by atoms with Crippen LogP contribution in [0.1, 0.15) is 30.0 Å². The third-order valence-corrected chi connectivity index (χ3v) is 2.88. The van der Waals surface area contributed by atoms with Crippen molar-refractivity contribution in [3.63, 3.8) is 0 Å². The zero-order valence-electron chi connectivity index (χ0n) is 8.38. The van der Waals surface area contributed by atoms with Gasteiger partial charge in [0.25, 0.3) is 0 Å². The summed E-state index contributed by atoms with van der Waals surface area (Å²) in [6.45, 7) is 3.03. The number of rotatable bonds is 1. The molecular formula is C11H16N2O. The lowest BCUT2D eigenvalue weighted by Crippen LogP contribution is -2.14. The summed E-state index contributed by atoms with van der Waals surface area (Å²) in [7, 11) is 0. The quantitative estimate of drug-likeness (QED) is 0.469. The standard InChI is InChI=1S/C11H16N2O/c1-7-4-5-8(12)11(14)10(7)9-3-2-6-13-9/h4-5,9,13-14H,2-3,6,12H2,1H3. The van der Waals surface area contributed by atoms with Gasteiger partial charge in [0, 0.05) is 11.6 Å². The lowest BCUT2D eigenvalue weighted by molar-refractivity contribution is 0.458. The average molecular weight is 192 g/mol. The number of phenolic OH excluding ortho intramolecular Hbond substituents is 1. The number of phenols is 1. The number of anilines is 1. The molecule has 1 unspecified atom stereocenters. The smallest absolute Gasteiger partial charge is 0.143 e. The number of nitrogens with two attached hydrogens (primary N) is 1. The number of nitrogen functional groups attached to an aromatic ring is 1. The van der Waals surface area contributed by atoms with E-state index in [0.29, 0.717) is 5.69 Å². The molecular weight excluding hydrogens is 176 g/mol. The Kier molecular flexibility index (Phi) is 2.33. The van der Waals surface area contributed by atoms with Gasteiger partial charge in [-0.3, -0.25) is 0 Å². The van der Waals surface area contributed by atoms with E-state index in [9.17, 15) is 5.11 Å². The van der Waals surface area contributed by atoms with Crippen molar-refractivity contribution in [2.45, 2.75) is 25.8 Å². The van der Waals surface area contributed by atoms with Crippen molar-refractivity contribution in [2.75, 3.05) is 12.3 Å². The van der Waals surface area contributed by atoms with Crippen LogP contribution in [0.25, 0.3) is 0 Å². The largest absolute Gasteiger partial charge is 0.505 e. The van der Waals surface area contributed by atoms with Gasteiger partial charge in [0.2, 0.25) is 0 Å². The van der Waals surface area contributed by atoms with Gasteiger partial charge in [0.15, 0.2) is 0 Å². The third kappa shape index (κ3) is 1.44. The summed E-state index contributed by atoms with van der Waals surface area (Å²) >= 11 is 0. The first-order chi connectivity index (χ1) is 6.70. The molecule has 1 fully saturated rings. The van der Waals surface area contributed by atoms with E-state index in [1.54, 1.807) is 6.07 Å². The van der Waals surface area contributed by atoms with E-state index in [4.69, 9.17) is 5.73 Å². The second-order valence-electron chi connectivity index (χ2n) is 3.88. The Morgan fingerprint density at radius 1 is 1.50 bits per heavy atom. The van der Waals surface area contributed by atoms with Gasteiger partial charge in [0.1, 0.15) is 5.75 Å². The normalized spacial score (nSPS) is 21.4. The maximum atomic E-state index is 9.87. The summed E-state index contributed by atoms with van der Waals surface area (Å²) in [5.74, 6) is 0.254. The molecule has 0 spiro atoms. The van der Waals surface area contributed by atoms with Gasteiger partial charge in [0.05, 0.1) is 5.69 Å². The molecule has 1 aliphatic rings. The topological polar surface area (TPSA) is 58.3 Å².